The molecule has 3 fully saturated rings. The number of fused-ring (bicyclic) bond motifs is 5. The van der Waals surface area contributed by atoms with E-state index in [1.54, 1.807) is 0 Å². The summed E-state index contributed by atoms with van der Waals surface area (Å²) in [6.45, 7) is 0. The lowest BCUT2D eigenvalue weighted by molar-refractivity contribution is 0.257. The zero-order chi connectivity index (χ0) is 9.70. The van der Waals surface area contributed by atoms with Gasteiger partial charge in [-0.05, 0) is 12.8 Å². The second-order valence-electron chi connectivity index (χ2n) is 3.88. The molecule has 1 saturated heterocycles. The van der Waals surface area contributed by atoms with Gasteiger partial charge in [0.15, 0.2) is 9.39 Å². The van der Waals surface area contributed by atoms with Gasteiger partial charge >= 0.3 is 0 Å². The highest BCUT2D eigenvalue weighted by molar-refractivity contribution is 6.61. The minimum Gasteiger partial charge on any atom is -0.345 e. The van der Waals surface area contributed by atoms with E-state index < -0.39 is 19.1 Å². The van der Waals surface area contributed by atoms with Crippen molar-refractivity contribution < 1.29 is 4.74 Å². The van der Waals surface area contributed by atoms with Gasteiger partial charge in [0.2, 0.25) is 0 Å². The molecule has 3 aliphatic rings. The molecule has 0 amide bonds. The van der Waals surface area contributed by atoms with Crippen LogP contribution in [0.4, 0.5) is 0 Å². The van der Waals surface area contributed by atoms with E-state index in [9.17, 15) is 0 Å². The smallest absolute Gasteiger partial charge is 0.192 e. The molecule has 1 aliphatic heterocycles. The van der Waals surface area contributed by atoms with E-state index in [0.29, 0.717) is 12.8 Å². The molecule has 3 rings (SSSR count). The van der Waals surface area contributed by atoms with Gasteiger partial charge in [0.05, 0.1) is 0 Å². The van der Waals surface area contributed by atoms with Crippen molar-refractivity contribution in [1.82, 2.24) is 0 Å². The average Bonchev–Trinajstić information content (AvgIpc) is 2.66. The van der Waals surface area contributed by atoms with E-state index in [2.05, 4.69) is 0 Å². The Morgan fingerprint density at radius 1 is 1.00 bits per heavy atom. The van der Waals surface area contributed by atoms with Gasteiger partial charge in [0.25, 0.3) is 0 Å². The van der Waals surface area contributed by atoms with Crippen LogP contribution in [0.2, 0.25) is 0 Å². The van der Waals surface area contributed by atoms with Crippen molar-refractivity contribution in [3.63, 3.8) is 0 Å². The van der Waals surface area contributed by atoms with Crippen LogP contribution in [0.3, 0.4) is 0 Å². The quantitative estimate of drug-likeness (QED) is 0.491. The van der Waals surface area contributed by atoms with Gasteiger partial charge in [-0.15, -0.1) is 23.2 Å². The number of rotatable bonds is 0. The Morgan fingerprint density at radius 2 is 1.62 bits per heavy atom. The Kier molecular flexibility index (Phi) is 1.55. The van der Waals surface area contributed by atoms with E-state index >= 15 is 0 Å². The SMILES string of the molecule is ClC1(Cl)[C@]2(Cl)CC[C@@]1(Cl)[C@@]1(Cl)O[C@H]12. The third kappa shape index (κ3) is 0.687. The number of alkyl halides is 5. The van der Waals surface area contributed by atoms with Gasteiger partial charge in [0, 0.05) is 0 Å². The van der Waals surface area contributed by atoms with E-state index in [-0.39, 0.29) is 6.10 Å². The Labute approximate surface area is 101 Å². The molecule has 0 unspecified atom stereocenters. The van der Waals surface area contributed by atoms with Crippen LogP contribution in [-0.2, 0) is 4.74 Å². The first kappa shape index (κ1) is 9.62. The molecular formula is C7H5Cl5O. The van der Waals surface area contributed by atoms with Gasteiger partial charge in [-0.1, -0.05) is 34.8 Å². The molecule has 0 radical (unpaired) electrons. The monoisotopic (exact) mass is 280 g/mol. The fourth-order valence-electron chi connectivity index (χ4n) is 2.50. The molecule has 6 heteroatoms. The van der Waals surface area contributed by atoms with Crippen LogP contribution in [0.15, 0.2) is 0 Å². The fourth-order valence-corrected chi connectivity index (χ4v) is 4.93. The Hall–Kier alpha value is 1.41. The molecule has 2 bridgehead atoms. The zero-order valence-electron chi connectivity index (χ0n) is 6.29. The van der Waals surface area contributed by atoms with E-state index in [4.69, 9.17) is 62.7 Å². The first-order chi connectivity index (χ1) is 5.80. The highest BCUT2D eigenvalue weighted by Crippen LogP contribution is 2.81. The van der Waals surface area contributed by atoms with Crippen molar-refractivity contribution in [2.75, 3.05) is 0 Å². The third-order valence-corrected chi connectivity index (χ3v) is 7.22. The van der Waals surface area contributed by atoms with Gasteiger partial charge in [-0.25, -0.2) is 0 Å². The van der Waals surface area contributed by atoms with Crippen LogP contribution in [0.5, 0.6) is 0 Å². The van der Waals surface area contributed by atoms with Gasteiger partial charge in [-0.3, -0.25) is 0 Å². The predicted octanol–water partition coefficient (Wildman–Crippen LogP) is 3.26. The van der Waals surface area contributed by atoms with E-state index in [0.717, 1.165) is 0 Å². The Balaban J connectivity index is 2.22. The molecule has 2 saturated carbocycles. The first-order valence-electron chi connectivity index (χ1n) is 3.92. The summed E-state index contributed by atoms with van der Waals surface area (Å²) in [5, 5.41) is -0.946. The van der Waals surface area contributed by atoms with Crippen molar-refractivity contribution in [1.29, 1.82) is 0 Å². The maximum absolute atomic E-state index is 6.31. The molecule has 13 heavy (non-hydrogen) atoms. The topological polar surface area (TPSA) is 12.5 Å². The molecule has 0 N–H and O–H groups in total. The number of ether oxygens (including phenoxy) is 1. The fraction of sp³-hybridized carbons (Fsp3) is 1.00. The Bertz CT molecular complexity index is 305. The second kappa shape index (κ2) is 2.09. The molecule has 1 nitrogen and oxygen atoms in total. The summed E-state index contributed by atoms with van der Waals surface area (Å²) in [7, 11) is 0. The predicted molar refractivity (Wildman–Crippen MR) is 54.3 cm³/mol. The normalized spacial score (nSPS) is 66.7. The maximum Gasteiger partial charge on any atom is 0.192 e. The molecule has 2 aliphatic carbocycles. The second-order valence-corrected chi connectivity index (χ2v) is 7.09. The van der Waals surface area contributed by atoms with Crippen LogP contribution >= 0.6 is 58.0 Å². The van der Waals surface area contributed by atoms with Crippen molar-refractivity contribution in [2.45, 2.75) is 38.1 Å². The number of halogens is 5. The number of hydrogen-bond donors (Lipinski definition) is 0. The summed E-state index contributed by atoms with van der Waals surface area (Å²) < 4.78 is 4.10. The molecule has 1 heterocycles. The summed E-state index contributed by atoms with van der Waals surface area (Å²) in [6.07, 6.45) is 0.916. The summed E-state index contributed by atoms with van der Waals surface area (Å²) >= 11 is 31.1. The van der Waals surface area contributed by atoms with Gasteiger partial charge < -0.3 is 4.74 Å². The van der Waals surface area contributed by atoms with E-state index in [1.165, 1.54) is 0 Å². The standard InChI is InChI=1S/C7H5Cl5O/c8-4-1-2-5(9,7(4,11)12)6(10)3(4)13-6/h3H,1-2H2/t3-,4-,5+,6-/m0/s1. The van der Waals surface area contributed by atoms with Crippen molar-refractivity contribution >= 4 is 58.0 Å². The van der Waals surface area contributed by atoms with E-state index in [1.807, 2.05) is 0 Å². The molecular weight excluding hydrogens is 277 g/mol. The minimum atomic E-state index is -1.20. The summed E-state index contributed by atoms with van der Waals surface area (Å²) in [5.41, 5.74) is 0. The summed E-state index contributed by atoms with van der Waals surface area (Å²) in [5.74, 6) is 0. The van der Waals surface area contributed by atoms with Crippen LogP contribution in [0.1, 0.15) is 12.8 Å². The lowest BCUT2D eigenvalue weighted by Gasteiger charge is -2.33. The molecule has 0 aromatic carbocycles. The van der Waals surface area contributed by atoms with Crippen LogP contribution in [0, 0.1) is 0 Å². The van der Waals surface area contributed by atoms with Crippen molar-refractivity contribution in [3.8, 4) is 0 Å². The summed E-state index contributed by atoms with van der Waals surface area (Å²) in [6, 6.07) is 0. The van der Waals surface area contributed by atoms with Crippen LogP contribution in [-0.4, -0.2) is 25.2 Å². The maximum atomic E-state index is 6.31. The zero-order valence-corrected chi connectivity index (χ0v) is 10.1. The Morgan fingerprint density at radius 3 is 1.92 bits per heavy atom. The molecule has 4 atom stereocenters. The van der Waals surface area contributed by atoms with Gasteiger partial charge in [-0.2, -0.15) is 0 Å². The average molecular weight is 282 g/mol. The molecule has 0 spiro atoms. The third-order valence-electron chi connectivity index (χ3n) is 3.38. The van der Waals surface area contributed by atoms with Crippen molar-refractivity contribution in [3.05, 3.63) is 0 Å². The lowest BCUT2D eigenvalue weighted by Crippen LogP contribution is -2.47. The number of epoxide rings is 1. The van der Waals surface area contributed by atoms with Crippen LogP contribution in [0.25, 0.3) is 0 Å². The van der Waals surface area contributed by atoms with Crippen LogP contribution < -0.4 is 0 Å². The number of hydrogen-bond acceptors (Lipinski definition) is 1. The molecule has 0 aromatic rings. The molecule has 0 aromatic heterocycles. The highest BCUT2D eigenvalue weighted by Gasteiger charge is 2.94. The summed E-state index contributed by atoms with van der Waals surface area (Å²) in [4.78, 5) is -1.77. The minimum absolute atomic E-state index is 0.315. The largest absolute Gasteiger partial charge is 0.345 e. The van der Waals surface area contributed by atoms with Gasteiger partial charge in [0.1, 0.15) is 15.9 Å². The first-order valence-corrected chi connectivity index (χ1v) is 5.81. The van der Waals surface area contributed by atoms with Crippen molar-refractivity contribution in [2.24, 2.45) is 0 Å². The lowest BCUT2D eigenvalue weighted by atomic mass is 9.99. The molecule has 74 valence electrons. The highest BCUT2D eigenvalue weighted by atomic mass is 35.5.